The van der Waals surface area contributed by atoms with Crippen LogP contribution in [0.15, 0.2) is 0 Å². The van der Waals surface area contributed by atoms with Crippen molar-refractivity contribution in [2.45, 2.75) is 27.2 Å². The van der Waals surface area contributed by atoms with E-state index in [1.54, 1.807) is 0 Å². The molecule has 4 heteroatoms. The highest BCUT2D eigenvalue weighted by atomic mass is 15.7. The molecule has 0 spiro atoms. The van der Waals surface area contributed by atoms with E-state index in [0.29, 0.717) is 6.54 Å². The van der Waals surface area contributed by atoms with Gasteiger partial charge in [-0.3, -0.25) is 0 Å². The van der Waals surface area contributed by atoms with Crippen LogP contribution in [0.2, 0.25) is 0 Å². The lowest BCUT2D eigenvalue weighted by Gasteiger charge is -2.29. The van der Waals surface area contributed by atoms with E-state index in [-0.39, 0.29) is 4.59 Å². The van der Waals surface area contributed by atoms with Gasteiger partial charge in [0.1, 0.15) is 6.54 Å². The Kier molecular flexibility index (Phi) is 5.06. The number of hydrogen-bond acceptors (Lipinski definition) is 3. The monoisotopic (exact) mass is 181 g/mol. The van der Waals surface area contributed by atoms with E-state index >= 15 is 0 Å². The van der Waals surface area contributed by atoms with Crippen LogP contribution < -0.4 is 0 Å². The van der Waals surface area contributed by atoms with E-state index in [1.165, 1.54) is 0 Å². The predicted molar refractivity (Wildman–Crippen MR) is 49.6 cm³/mol. The second-order valence-electron chi connectivity index (χ2n) is 2.83. The largest absolute Gasteiger partial charge is 0.346 e. The van der Waals surface area contributed by atoms with Crippen molar-refractivity contribution in [1.29, 1.82) is 10.5 Å². The summed E-state index contributed by atoms with van der Waals surface area (Å²) in [5.41, 5.74) is 0. The van der Waals surface area contributed by atoms with Crippen LogP contribution in [0.1, 0.15) is 27.2 Å². The number of quaternary nitrogens is 1. The molecule has 0 amide bonds. The molecule has 0 aromatic rings. The Morgan fingerprint density at radius 1 is 1.08 bits per heavy atom. The number of nitrogens with zero attached hydrogens (tertiary/aromatic N) is 4. The standard InChI is InChI=1S/C9H17N4/c1-4-7-13(8-10,9-11)12(5-2)6-3/h4-7H2,1-3H3/q+1. The van der Waals surface area contributed by atoms with Crippen molar-refractivity contribution in [1.82, 2.24) is 5.01 Å². The van der Waals surface area contributed by atoms with E-state index < -0.39 is 0 Å². The molecule has 0 aromatic heterocycles. The molecular weight excluding hydrogens is 164 g/mol. The Bertz CT molecular complexity index is 205. The normalized spacial score (nSPS) is 10.9. The smallest absolute Gasteiger partial charge is 0.126 e. The van der Waals surface area contributed by atoms with Gasteiger partial charge in [0.05, 0.1) is 0 Å². The van der Waals surface area contributed by atoms with Gasteiger partial charge < -0.3 is 0 Å². The molecule has 4 nitrogen and oxygen atoms in total. The Hall–Kier alpha value is -1.10. The van der Waals surface area contributed by atoms with E-state index in [0.717, 1.165) is 19.5 Å². The van der Waals surface area contributed by atoms with Gasteiger partial charge in [-0.1, -0.05) is 6.92 Å². The molecule has 0 bridgehead atoms. The van der Waals surface area contributed by atoms with Crippen LogP contribution in [0.25, 0.3) is 0 Å². The van der Waals surface area contributed by atoms with E-state index in [4.69, 9.17) is 10.5 Å². The van der Waals surface area contributed by atoms with Gasteiger partial charge in [-0.05, 0) is 24.9 Å². The molecular formula is C9H17N4+. The Balaban J connectivity index is 4.77. The summed E-state index contributed by atoms with van der Waals surface area (Å²) in [5, 5.41) is 19.8. The molecule has 0 atom stereocenters. The maximum absolute atomic E-state index is 9.00. The lowest BCUT2D eigenvalue weighted by molar-refractivity contribution is -0.923. The SMILES string of the molecule is CCC[N+](C#N)(C#N)N(CC)CC. The van der Waals surface area contributed by atoms with Gasteiger partial charge in [-0.2, -0.15) is 0 Å². The molecule has 0 N–H and O–H groups in total. The van der Waals surface area contributed by atoms with Gasteiger partial charge in [0, 0.05) is 13.1 Å². The zero-order valence-corrected chi connectivity index (χ0v) is 8.62. The topological polar surface area (TPSA) is 50.8 Å². The molecule has 0 fully saturated rings. The third kappa shape index (κ3) is 2.42. The van der Waals surface area contributed by atoms with Crippen molar-refractivity contribution >= 4 is 0 Å². The summed E-state index contributed by atoms with van der Waals surface area (Å²) in [5.74, 6) is 0. The Morgan fingerprint density at radius 2 is 1.54 bits per heavy atom. The highest BCUT2D eigenvalue weighted by Crippen LogP contribution is 2.10. The fraction of sp³-hybridized carbons (Fsp3) is 0.778. The van der Waals surface area contributed by atoms with Crippen LogP contribution >= 0.6 is 0 Å². The van der Waals surface area contributed by atoms with E-state index in [9.17, 15) is 0 Å². The van der Waals surface area contributed by atoms with Gasteiger partial charge in [-0.25, -0.2) is 0 Å². The van der Waals surface area contributed by atoms with Crippen LogP contribution in [0.5, 0.6) is 0 Å². The van der Waals surface area contributed by atoms with Gasteiger partial charge in [0.25, 0.3) is 0 Å². The molecule has 0 aliphatic heterocycles. The molecule has 0 aliphatic rings. The first-order valence-corrected chi connectivity index (χ1v) is 4.66. The van der Waals surface area contributed by atoms with Crippen LogP contribution in [-0.2, 0) is 0 Å². The average Bonchev–Trinajstić information content (AvgIpc) is 2.18. The van der Waals surface area contributed by atoms with Crippen LogP contribution in [0.3, 0.4) is 0 Å². The molecule has 0 rings (SSSR count). The summed E-state index contributed by atoms with van der Waals surface area (Å²) in [4.78, 5) is 0. The highest BCUT2D eigenvalue weighted by molar-refractivity contribution is 4.68. The molecule has 0 saturated heterocycles. The Morgan fingerprint density at radius 3 is 1.77 bits per heavy atom. The van der Waals surface area contributed by atoms with Crippen molar-refractivity contribution in [2.24, 2.45) is 0 Å². The fourth-order valence-electron chi connectivity index (χ4n) is 1.42. The number of rotatable bonds is 5. The third-order valence-electron chi connectivity index (χ3n) is 2.09. The summed E-state index contributed by atoms with van der Waals surface area (Å²) < 4.78 is -0.219. The lowest BCUT2D eigenvalue weighted by Crippen LogP contribution is -2.53. The maximum Gasteiger partial charge on any atom is 0.346 e. The van der Waals surface area contributed by atoms with E-state index in [2.05, 4.69) is 12.4 Å². The molecule has 0 saturated carbocycles. The van der Waals surface area contributed by atoms with Crippen LogP contribution in [0, 0.1) is 22.9 Å². The first-order chi connectivity index (χ1) is 6.20. The minimum absolute atomic E-state index is 0.219. The maximum atomic E-state index is 9.00. The van der Waals surface area contributed by atoms with Crippen molar-refractivity contribution < 1.29 is 4.59 Å². The number of nitriles is 2. The highest BCUT2D eigenvalue weighted by Gasteiger charge is 2.34. The van der Waals surface area contributed by atoms with Crippen molar-refractivity contribution in [3.8, 4) is 12.4 Å². The van der Waals surface area contributed by atoms with Crippen LogP contribution in [0.4, 0.5) is 0 Å². The second kappa shape index (κ2) is 5.53. The summed E-state index contributed by atoms with van der Waals surface area (Å²) >= 11 is 0. The summed E-state index contributed by atoms with van der Waals surface area (Å²) in [7, 11) is 0. The molecule has 0 heterocycles. The van der Waals surface area contributed by atoms with Crippen molar-refractivity contribution in [3.05, 3.63) is 0 Å². The molecule has 0 aromatic carbocycles. The minimum atomic E-state index is -0.219. The number of hydrogen-bond donors (Lipinski definition) is 0. The zero-order valence-electron chi connectivity index (χ0n) is 8.62. The minimum Gasteiger partial charge on any atom is -0.126 e. The molecule has 0 radical (unpaired) electrons. The Labute approximate surface area is 80.1 Å². The predicted octanol–water partition coefficient (Wildman–Crippen LogP) is 1.43. The van der Waals surface area contributed by atoms with Gasteiger partial charge >= 0.3 is 12.4 Å². The molecule has 72 valence electrons. The lowest BCUT2D eigenvalue weighted by atomic mass is 10.4. The molecule has 13 heavy (non-hydrogen) atoms. The van der Waals surface area contributed by atoms with Crippen molar-refractivity contribution in [2.75, 3.05) is 19.6 Å². The zero-order chi connectivity index (χ0) is 10.3. The van der Waals surface area contributed by atoms with Crippen molar-refractivity contribution in [3.63, 3.8) is 0 Å². The van der Waals surface area contributed by atoms with Gasteiger partial charge in [-0.15, -0.1) is 15.5 Å². The molecule has 0 unspecified atom stereocenters. The first kappa shape index (κ1) is 11.9. The van der Waals surface area contributed by atoms with Gasteiger partial charge in [0.15, 0.2) is 0 Å². The van der Waals surface area contributed by atoms with E-state index in [1.807, 2.05) is 25.8 Å². The first-order valence-electron chi connectivity index (χ1n) is 4.66. The summed E-state index contributed by atoms with van der Waals surface area (Å²) in [6.07, 6.45) is 4.97. The summed E-state index contributed by atoms with van der Waals surface area (Å²) in [6.45, 7) is 7.90. The average molecular weight is 181 g/mol. The fourth-order valence-corrected chi connectivity index (χ4v) is 1.42. The third-order valence-corrected chi connectivity index (χ3v) is 2.09. The van der Waals surface area contributed by atoms with Gasteiger partial charge in [0.2, 0.25) is 0 Å². The summed E-state index contributed by atoms with van der Waals surface area (Å²) in [6, 6.07) is 0. The van der Waals surface area contributed by atoms with Crippen LogP contribution in [-0.4, -0.2) is 29.2 Å². The second-order valence-corrected chi connectivity index (χ2v) is 2.83. The quantitative estimate of drug-likeness (QED) is 0.366. The molecule has 0 aliphatic carbocycles.